The van der Waals surface area contributed by atoms with Crippen molar-refractivity contribution in [1.82, 2.24) is 20.2 Å². The first-order valence-electron chi connectivity index (χ1n) is 10.5. The predicted molar refractivity (Wildman–Crippen MR) is 128 cm³/mol. The fourth-order valence-corrected chi connectivity index (χ4v) is 5.12. The molecule has 0 bridgehead atoms. The Morgan fingerprint density at radius 3 is 2.73 bits per heavy atom. The van der Waals surface area contributed by atoms with Crippen molar-refractivity contribution in [3.05, 3.63) is 57.3 Å². The molecule has 1 fully saturated rings. The fraction of sp³-hybridized carbons (Fsp3) is 0.409. The second kappa shape index (κ2) is 9.50. The first-order valence-corrected chi connectivity index (χ1v) is 11.3. The van der Waals surface area contributed by atoms with E-state index in [1.165, 1.54) is 17.3 Å². The topological polar surface area (TPSA) is 47.2 Å². The standard InChI is InChI=1S/C22H22Cl2F3N5.ClH/c23-13-1-3-18-16(9-13)15-5-7-31(12-19(15)29-18)11-14-10-28-6-8-32(14)20-4-2-17(24)21(30-20)22(25,26)27;/h1-4,9,14,28-29H,5-8,10-12H2;1H. The van der Waals surface area contributed by atoms with E-state index in [2.05, 4.69) is 20.2 Å². The number of pyridine rings is 1. The molecule has 0 aliphatic carbocycles. The van der Waals surface area contributed by atoms with Crippen molar-refractivity contribution in [2.75, 3.05) is 37.6 Å². The summed E-state index contributed by atoms with van der Waals surface area (Å²) in [6.45, 7) is 4.30. The van der Waals surface area contributed by atoms with Gasteiger partial charge in [-0.05, 0) is 42.3 Å². The van der Waals surface area contributed by atoms with Crippen LogP contribution in [0.3, 0.4) is 0 Å². The molecule has 5 rings (SSSR count). The summed E-state index contributed by atoms with van der Waals surface area (Å²) in [5, 5.41) is 4.87. The average Bonchev–Trinajstić information content (AvgIpc) is 3.11. The smallest absolute Gasteiger partial charge is 0.357 e. The van der Waals surface area contributed by atoms with E-state index in [0.717, 1.165) is 35.4 Å². The number of H-pyrrole nitrogens is 1. The highest BCUT2D eigenvalue weighted by molar-refractivity contribution is 6.31. The predicted octanol–water partition coefficient (Wildman–Crippen LogP) is 5.15. The molecule has 33 heavy (non-hydrogen) atoms. The van der Waals surface area contributed by atoms with Gasteiger partial charge in [0.1, 0.15) is 5.82 Å². The van der Waals surface area contributed by atoms with Crippen molar-refractivity contribution < 1.29 is 13.2 Å². The second-order valence-corrected chi connectivity index (χ2v) is 9.15. The Kier molecular flexibility index (Phi) is 7.03. The van der Waals surface area contributed by atoms with Gasteiger partial charge in [-0.25, -0.2) is 4.98 Å². The van der Waals surface area contributed by atoms with Crippen LogP contribution in [-0.4, -0.2) is 53.6 Å². The van der Waals surface area contributed by atoms with Crippen LogP contribution in [0, 0.1) is 0 Å². The Morgan fingerprint density at radius 1 is 1.12 bits per heavy atom. The summed E-state index contributed by atoms with van der Waals surface area (Å²) in [6.07, 6.45) is -3.69. The Balaban J connectivity index is 0.00000259. The molecule has 4 heterocycles. The number of aromatic nitrogens is 2. The lowest BCUT2D eigenvalue weighted by Crippen LogP contribution is -2.56. The minimum Gasteiger partial charge on any atom is -0.357 e. The zero-order valence-electron chi connectivity index (χ0n) is 17.6. The van der Waals surface area contributed by atoms with Gasteiger partial charge in [0.2, 0.25) is 0 Å². The molecule has 5 nitrogen and oxygen atoms in total. The van der Waals surface area contributed by atoms with E-state index in [1.807, 2.05) is 23.1 Å². The third-order valence-electron chi connectivity index (χ3n) is 6.23. The van der Waals surface area contributed by atoms with Crippen molar-refractivity contribution in [2.45, 2.75) is 25.2 Å². The summed E-state index contributed by atoms with van der Waals surface area (Å²) in [7, 11) is 0. The van der Waals surface area contributed by atoms with Crippen molar-refractivity contribution in [1.29, 1.82) is 0 Å². The van der Waals surface area contributed by atoms with Crippen LogP contribution in [0.25, 0.3) is 10.9 Å². The molecule has 0 spiro atoms. The van der Waals surface area contributed by atoms with Gasteiger partial charge in [0.25, 0.3) is 0 Å². The molecule has 1 unspecified atom stereocenters. The van der Waals surface area contributed by atoms with E-state index in [-0.39, 0.29) is 23.5 Å². The Hall–Kier alpha value is -1.71. The fourth-order valence-electron chi connectivity index (χ4n) is 4.74. The third kappa shape index (κ3) is 4.91. The van der Waals surface area contributed by atoms with Crippen LogP contribution < -0.4 is 10.2 Å². The summed E-state index contributed by atoms with van der Waals surface area (Å²) in [5.74, 6) is 0.311. The highest BCUT2D eigenvalue weighted by atomic mass is 35.5. The third-order valence-corrected chi connectivity index (χ3v) is 6.77. The molecular formula is C22H23Cl3F3N5. The van der Waals surface area contributed by atoms with E-state index in [0.29, 0.717) is 32.0 Å². The van der Waals surface area contributed by atoms with E-state index in [1.54, 1.807) is 6.07 Å². The summed E-state index contributed by atoms with van der Waals surface area (Å²) < 4.78 is 40.0. The molecule has 2 N–H and O–H groups in total. The summed E-state index contributed by atoms with van der Waals surface area (Å²) in [6, 6.07) is 8.74. The number of piperazine rings is 1. The van der Waals surface area contributed by atoms with Crippen LogP contribution in [0.1, 0.15) is 17.0 Å². The van der Waals surface area contributed by atoms with Gasteiger partial charge in [0, 0.05) is 60.9 Å². The lowest BCUT2D eigenvalue weighted by Gasteiger charge is -2.40. The maximum atomic E-state index is 13.3. The molecule has 2 aliphatic rings. The number of nitrogens with one attached hydrogen (secondary N) is 2. The number of nitrogens with zero attached hydrogens (tertiary/aromatic N) is 3. The van der Waals surface area contributed by atoms with Gasteiger partial charge in [-0.2, -0.15) is 13.2 Å². The van der Waals surface area contributed by atoms with Crippen LogP contribution in [0.15, 0.2) is 30.3 Å². The van der Waals surface area contributed by atoms with Gasteiger partial charge in [-0.3, -0.25) is 4.90 Å². The van der Waals surface area contributed by atoms with Crippen LogP contribution in [0.2, 0.25) is 10.0 Å². The number of anilines is 1. The van der Waals surface area contributed by atoms with Crippen LogP contribution in [-0.2, 0) is 19.1 Å². The molecule has 1 atom stereocenters. The summed E-state index contributed by atoms with van der Waals surface area (Å²) in [4.78, 5) is 11.7. The van der Waals surface area contributed by atoms with Crippen LogP contribution in [0.4, 0.5) is 19.0 Å². The van der Waals surface area contributed by atoms with Crippen LogP contribution >= 0.6 is 35.6 Å². The van der Waals surface area contributed by atoms with Gasteiger partial charge in [-0.1, -0.05) is 23.2 Å². The number of rotatable bonds is 3. The molecule has 1 aromatic carbocycles. The number of halogens is 6. The molecule has 0 amide bonds. The first kappa shape index (κ1) is 24.4. The number of benzene rings is 1. The number of hydrogen-bond acceptors (Lipinski definition) is 4. The Morgan fingerprint density at radius 2 is 1.94 bits per heavy atom. The molecule has 0 saturated carbocycles. The molecule has 1 saturated heterocycles. The summed E-state index contributed by atoms with van der Waals surface area (Å²) >= 11 is 11.9. The Labute approximate surface area is 205 Å². The molecule has 11 heteroatoms. The molecular weight excluding hydrogens is 498 g/mol. The minimum atomic E-state index is -4.58. The largest absolute Gasteiger partial charge is 0.434 e. The molecule has 3 aromatic rings. The Bertz CT molecular complexity index is 1150. The number of fused-ring (bicyclic) bond motifs is 3. The second-order valence-electron chi connectivity index (χ2n) is 8.31. The maximum absolute atomic E-state index is 13.3. The van der Waals surface area contributed by atoms with E-state index >= 15 is 0 Å². The highest BCUT2D eigenvalue weighted by Gasteiger charge is 2.37. The van der Waals surface area contributed by atoms with Crippen molar-refractivity contribution in [3.8, 4) is 0 Å². The quantitative estimate of drug-likeness (QED) is 0.502. The van der Waals surface area contributed by atoms with Gasteiger partial charge in [-0.15, -0.1) is 12.4 Å². The minimum absolute atomic E-state index is 0. The lowest BCUT2D eigenvalue weighted by atomic mass is 10.0. The zero-order chi connectivity index (χ0) is 22.5. The average molecular weight is 521 g/mol. The van der Waals surface area contributed by atoms with Crippen molar-refractivity contribution in [2.24, 2.45) is 0 Å². The zero-order valence-corrected chi connectivity index (χ0v) is 19.9. The molecule has 2 aromatic heterocycles. The van der Waals surface area contributed by atoms with E-state index in [4.69, 9.17) is 23.2 Å². The van der Waals surface area contributed by atoms with Crippen LogP contribution in [0.5, 0.6) is 0 Å². The van der Waals surface area contributed by atoms with Gasteiger partial charge < -0.3 is 15.2 Å². The number of aromatic amines is 1. The summed E-state index contributed by atoms with van der Waals surface area (Å²) in [5.41, 5.74) is 2.51. The van der Waals surface area contributed by atoms with E-state index < -0.39 is 11.9 Å². The molecule has 178 valence electrons. The highest BCUT2D eigenvalue weighted by Crippen LogP contribution is 2.35. The first-order chi connectivity index (χ1) is 15.3. The maximum Gasteiger partial charge on any atom is 0.434 e. The normalized spacial score (nSPS) is 19.4. The monoisotopic (exact) mass is 519 g/mol. The van der Waals surface area contributed by atoms with Crippen molar-refractivity contribution >= 4 is 52.3 Å². The lowest BCUT2D eigenvalue weighted by molar-refractivity contribution is -0.141. The van der Waals surface area contributed by atoms with Gasteiger partial charge >= 0.3 is 6.18 Å². The SMILES string of the molecule is Cl.FC(F)(F)c1nc(N2CCNCC2CN2CCc3c([nH]c4ccc(Cl)cc34)C2)ccc1Cl. The van der Waals surface area contributed by atoms with Crippen molar-refractivity contribution in [3.63, 3.8) is 0 Å². The number of alkyl halides is 3. The van der Waals surface area contributed by atoms with Gasteiger partial charge in [0.15, 0.2) is 5.69 Å². The number of hydrogen-bond donors (Lipinski definition) is 2. The van der Waals surface area contributed by atoms with E-state index in [9.17, 15) is 13.2 Å². The molecule has 0 radical (unpaired) electrons. The van der Waals surface area contributed by atoms with Gasteiger partial charge in [0.05, 0.1) is 11.1 Å². The molecule has 2 aliphatic heterocycles.